The van der Waals surface area contributed by atoms with Crippen molar-refractivity contribution in [1.29, 1.82) is 0 Å². The van der Waals surface area contributed by atoms with E-state index in [-0.39, 0.29) is 30.9 Å². The molecular weight excluding hydrogens is 576 g/mol. The van der Waals surface area contributed by atoms with Crippen LogP contribution in [0.4, 0.5) is 16.2 Å². The quantitative estimate of drug-likeness (QED) is 0.0878. The molecule has 3 aromatic carbocycles. The fourth-order valence-electron chi connectivity index (χ4n) is 4.65. The molecule has 11 nitrogen and oxygen atoms in total. The third-order valence-electron chi connectivity index (χ3n) is 6.83. The predicted molar refractivity (Wildman–Crippen MR) is 167 cm³/mol. The molecule has 5 rings (SSSR count). The zero-order valence-corrected chi connectivity index (χ0v) is 24.4. The van der Waals surface area contributed by atoms with Crippen molar-refractivity contribution in [2.75, 3.05) is 30.5 Å². The number of amides is 2. The Morgan fingerprint density at radius 2 is 1.82 bits per heavy atom. The maximum absolute atomic E-state index is 13.1. The predicted octanol–water partition coefficient (Wildman–Crippen LogP) is 5.50. The van der Waals surface area contributed by atoms with Gasteiger partial charge in [-0.2, -0.15) is 0 Å². The third kappa shape index (κ3) is 9.03. The van der Waals surface area contributed by atoms with Gasteiger partial charge in [0.05, 0.1) is 36.3 Å². The summed E-state index contributed by atoms with van der Waals surface area (Å²) in [6.07, 6.45) is 5.74. The highest BCUT2D eigenvalue weighted by molar-refractivity contribution is 6.12. The number of hydrogen-bond donors (Lipinski definition) is 3. The Hall–Kier alpha value is -5.44. The van der Waals surface area contributed by atoms with Crippen molar-refractivity contribution >= 4 is 29.2 Å². The number of aromatic nitrogens is 2. The molecule has 1 saturated heterocycles. The molecule has 1 fully saturated rings. The number of Topliss-reactive ketones (excluding diaryl/α,β-unsaturated/α-hetero) is 1. The largest absolute Gasteiger partial charge is 0.490 e. The summed E-state index contributed by atoms with van der Waals surface area (Å²) in [5.41, 5.74) is 2.41. The first kappa shape index (κ1) is 31.0. The van der Waals surface area contributed by atoms with Crippen LogP contribution < -0.4 is 15.4 Å². The van der Waals surface area contributed by atoms with E-state index in [4.69, 9.17) is 14.2 Å². The first-order chi connectivity index (χ1) is 21.9. The number of carbonyl (C=O) groups excluding carboxylic acids is 2. The number of benzene rings is 3. The topological polar surface area (TPSA) is 141 Å². The van der Waals surface area contributed by atoms with Crippen LogP contribution in [0.2, 0.25) is 0 Å². The molecule has 0 spiro atoms. The monoisotopic (exact) mass is 608 g/mol. The number of carbonyl (C=O) groups is 3. The average molecular weight is 609 g/mol. The summed E-state index contributed by atoms with van der Waals surface area (Å²) < 4.78 is 19.1. The lowest BCUT2D eigenvalue weighted by molar-refractivity contribution is -0.165. The van der Waals surface area contributed by atoms with E-state index < -0.39 is 24.2 Å². The van der Waals surface area contributed by atoms with Crippen molar-refractivity contribution < 1.29 is 33.7 Å². The van der Waals surface area contributed by atoms with Crippen LogP contribution >= 0.6 is 0 Å². The van der Waals surface area contributed by atoms with E-state index in [9.17, 15) is 19.5 Å². The first-order valence-corrected chi connectivity index (χ1v) is 14.5. The number of carboxylic acid groups (broad SMARTS) is 1. The highest BCUT2D eigenvalue weighted by Gasteiger charge is 2.18. The summed E-state index contributed by atoms with van der Waals surface area (Å²) in [5.74, 6) is 5.38. The van der Waals surface area contributed by atoms with Gasteiger partial charge in [0.1, 0.15) is 12.4 Å². The van der Waals surface area contributed by atoms with Gasteiger partial charge >= 0.3 is 6.09 Å². The molecule has 230 valence electrons. The van der Waals surface area contributed by atoms with Crippen LogP contribution in [0.5, 0.6) is 5.75 Å². The van der Waals surface area contributed by atoms with E-state index in [1.54, 1.807) is 41.5 Å². The minimum absolute atomic E-state index is 0.0576. The standard InChI is InChI=1S/C34H32N4O7/c39-30(25-9-6-10-27(19-25)38-15-14-35-23-38)22-32(40)36-28-20-26(13-12-24-7-2-1-3-8-24)31(21-29(28)37-34(41)42)43-17-18-45-33-11-4-5-16-44-33/h1-3,6-10,14-15,19-21,23,33,37H,4-5,11,16-18,22H2,(H,36,40)(H,41,42). The second kappa shape index (κ2) is 15.3. The van der Waals surface area contributed by atoms with Crippen LogP contribution in [0.1, 0.15) is 47.2 Å². The van der Waals surface area contributed by atoms with Gasteiger partial charge < -0.3 is 29.2 Å². The minimum atomic E-state index is -1.34. The van der Waals surface area contributed by atoms with Gasteiger partial charge in [-0.1, -0.05) is 42.2 Å². The van der Waals surface area contributed by atoms with Crippen LogP contribution in [0.3, 0.4) is 0 Å². The summed E-state index contributed by atoms with van der Waals surface area (Å²) in [5, 5.41) is 14.5. The summed E-state index contributed by atoms with van der Waals surface area (Å²) in [6.45, 7) is 1.07. The van der Waals surface area contributed by atoms with Crippen LogP contribution in [0.15, 0.2) is 85.5 Å². The van der Waals surface area contributed by atoms with Gasteiger partial charge in [-0.3, -0.25) is 14.9 Å². The molecule has 0 aliphatic carbocycles. The Bertz CT molecular complexity index is 1690. The van der Waals surface area contributed by atoms with Crippen LogP contribution in [-0.2, 0) is 14.3 Å². The lowest BCUT2D eigenvalue weighted by atomic mass is 10.1. The molecule has 0 radical (unpaired) electrons. The smallest absolute Gasteiger partial charge is 0.409 e. The fourth-order valence-corrected chi connectivity index (χ4v) is 4.65. The van der Waals surface area contributed by atoms with Crippen LogP contribution in [0, 0.1) is 11.8 Å². The molecular formula is C34H32N4O7. The molecule has 2 heterocycles. The van der Waals surface area contributed by atoms with Crippen LogP contribution in [0.25, 0.3) is 5.69 Å². The Balaban J connectivity index is 1.35. The molecule has 1 aliphatic rings. The Morgan fingerprint density at radius 3 is 2.58 bits per heavy atom. The first-order valence-electron chi connectivity index (χ1n) is 14.5. The molecule has 0 saturated carbocycles. The molecule has 45 heavy (non-hydrogen) atoms. The van der Waals surface area contributed by atoms with Gasteiger partial charge in [0.2, 0.25) is 5.91 Å². The maximum Gasteiger partial charge on any atom is 0.409 e. The molecule has 0 bridgehead atoms. The molecule has 1 aliphatic heterocycles. The minimum Gasteiger partial charge on any atom is -0.490 e. The normalized spacial score (nSPS) is 14.1. The second-order valence-electron chi connectivity index (χ2n) is 10.1. The summed E-state index contributed by atoms with van der Waals surface area (Å²) in [6, 6.07) is 19.1. The number of ether oxygens (including phenoxy) is 3. The number of nitrogens with zero attached hydrogens (tertiary/aromatic N) is 2. The van der Waals surface area contributed by atoms with E-state index in [0.717, 1.165) is 30.5 Å². The Kier molecular flexibility index (Phi) is 10.6. The number of anilines is 2. The lowest BCUT2D eigenvalue weighted by Crippen LogP contribution is -2.24. The zero-order chi connectivity index (χ0) is 31.4. The fraction of sp³-hybridized carbons (Fsp3) is 0.235. The van der Waals surface area contributed by atoms with Crippen molar-refractivity contribution in [1.82, 2.24) is 9.55 Å². The number of nitrogens with one attached hydrogen (secondary N) is 2. The summed E-state index contributed by atoms with van der Waals surface area (Å²) in [4.78, 5) is 41.8. The third-order valence-corrected chi connectivity index (χ3v) is 6.83. The van der Waals surface area contributed by atoms with Crippen molar-refractivity contribution in [3.8, 4) is 23.3 Å². The second-order valence-corrected chi connectivity index (χ2v) is 10.1. The highest BCUT2D eigenvalue weighted by Crippen LogP contribution is 2.32. The van der Waals surface area contributed by atoms with E-state index in [1.165, 1.54) is 12.1 Å². The maximum atomic E-state index is 13.1. The molecule has 3 N–H and O–H groups in total. The lowest BCUT2D eigenvalue weighted by Gasteiger charge is -2.22. The molecule has 1 atom stereocenters. The van der Waals surface area contributed by atoms with Gasteiger partial charge in [0, 0.05) is 41.9 Å². The number of hydrogen-bond acceptors (Lipinski definition) is 7. The number of imidazole rings is 1. The van der Waals surface area contributed by atoms with Gasteiger partial charge in [-0.25, -0.2) is 9.78 Å². The number of ketones is 1. The van der Waals surface area contributed by atoms with E-state index >= 15 is 0 Å². The van der Waals surface area contributed by atoms with Gasteiger partial charge in [0.25, 0.3) is 0 Å². The Labute approximate surface area is 260 Å². The van der Waals surface area contributed by atoms with E-state index in [2.05, 4.69) is 27.5 Å². The molecule has 1 unspecified atom stereocenters. The van der Waals surface area contributed by atoms with Crippen molar-refractivity contribution in [2.24, 2.45) is 0 Å². The zero-order valence-electron chi connectivity index (χ0n) is 24.4. The van der Waals surface area contributed by atoms with Gasteiger partial charge in [0.15, 0.2) is 12.1 Å². The van der Waals surface area contributed by atoms with Crippen molar-refractivity contribution in [3.05, 3.63) is 102 Å². The van der Waals surface area contributed by atoms with Gasteiger partial charge in [-0.15, -0.1) is 0 Å². The average Bonchev–Trinajstić information content (AvgIpc) is 3.60. The molecule has 1 aromatic heterocycles. The van der Waals surface area contributed by atoms with E-state index in [1.807, 2.05) is 36.4 Å². The molecule has 2 amide bonds. The number of rotatable bonds is 11. The van der Waals surface area contributed by atoms with E-state index in [0.29, 0.717) is 23.5 Å². The SMILES string of the molecule is O=C(O)Nc1cc(OCCOC2CCCCO2)c(C#Cc2ccccc2)cc1NC(=O)CC(=O)c1cccc(-n2ccnc2)c1. The highest BCUT2D eigenvalue weighted by atomic mass is 16.7. The molecule has 11 heteroatoms. The van der Waals surface area contributed by atoms with Crippen LogP contribution in [-0.4, -0.2) is 58.6 Å². The van der Waals surface area contributed by atoms with Crippen molar-refractivity contribution in [2.45, 2.75) is 32.0 Å². The van der Waals surface area contributed by atoms with Crippen molar-refractivity contribution in [3.63, 3.8) is 0 Å². The summed E-state index contributed by atoms with van der Waals surface area (Å²) in [7, 11) is 0. The van der Waals surface area contributed by atoms with Gasteiger partial charge in [-0.05, 0) is 49.6 Å². The summed E-state index contributed by atoms with van der Waals surface area (Å²) >= 11 is 0. The Morgan fingerprint density at radius 1 is 0.978 bits per heavy atom. The molecule has 4 aromatic rings.